The average Bonchev–Trinajstić information content (AvgIpc) is 2.67. The smallest absolute Gasteiger partial charge is 0.374 e. The van der Waals surface area contributed by atoms with Crippen LogP contribution in [-0.2, 0) is 0 Å². The Labute approximate surface area is 163 Å². The van der Waals surface area contributed by atoms with Crippen LogP contribution in [0, 0.1) is 0 Å². The van der Waals surface area contributed by atoms with Crippen LogP contribution < -0.4 is 15.0 Å². The van der Waals surface area contributed by atoms with Gasteiger partial charge in [-0.2, -0.15) is 0 Å². The molecule has 5 nitrogen and oxygen atoms in total. The molecule has 0 saturated heterocycles. The highest BCUT2D eigenvalue weighted by molar-refractivity contribution is 6.50. The van der Waals surface area contributed by atoms with E-state index in [2.05, 4.69) is 11.1 Å². The van der Waals surface area contributed by atoms with E-state index in [0.29, 0.717) is 5.02 Å². The van der Waals surface area contributed by atoms with E-state index in [0.717, 1.165) is 22.3 Å². The van der Waals surface area contributed by atoms with E-state index in [1.165, 1.54) is 6.20 Å². The Morgan fingerprint density at radius 1 is 1.15 bits per heavy atom. The molecule has 0 aliphatic carbocycles. The normalized spacial score (nSPS) is 10.3. The Kier molecular flexibility index (Phi) is 5.67. The molecule has 1 heterocycles. The second-order valence-corrected chi connectivity index (χ2v) is 6.62. The van der Waals surface area contributed by atoms with Crippen molar-refractivity contribution < 1.29 is 14.6 Å². The van der Waals surface area contributed by atoms with E-state index in [4.69, 9.17) is 16.3 Å². The van der Waals surface area contributed by atoms with Gasteiger partial charge in [0.2, 0.25) is 0 Å². The predicted octanol–water partition coefficient (Wildman–Crippen LogP) is 3.22. The number of aromatic carboxylic acids is 1. The second kappa shape index (κ2) is 8.14. The minimum Gasteiger partial charge on any atom is -0.557 e. The van der Waals surface area contributed by atoms with Gasteiger partial charge in [0, 0.05) is 31.0 Å². The first-order valence-electron chi connectivity index (χ1n) is 8.33. The van der Waals surface area contributed by atoms with E-state index in [1.54, 1.807) is 12.1 Å². The quantitative estimate of drug-likeness (QED) is 0.665. The monoisotopic (exact) mass is 380 g/mol. The van der Waals surface area contributed by atoms with E-state index < -0.39 is 5.97 Å². The topological polar surface area (TPSA) is 62.7 Å². The van der Waals surface area contributed by atoms with Gasteiger partial charge in [0.25, 0.3) is 0 Å². The van der Waals surface area contributed by atoms with Crippen molar-refractivity contribution in [3.05, 3.63) is 71.5 Å². The Balaban J connectivity index is 1.95. The van der Waals surface area contributed by atoms with Gasteiger partial charge in [-0.3, -0.25) is 0 Å². The van der Waals surface area contributed by atoms with Gasteiger partial charge >= 0.3 is 13.5 Å². The molecule has 2 aromatic carbocycles. The Morgan fingerprint density at radius 2 is 1.89 bits per heavy atom. The molecular weight excluding hydrogens is 362 g/mol. The number of aromatic nitrogens is 1. The third-order valence-electron chi connectivity index (χ3n) is 4.12. The molecule has 0 bridgehead atoms. The lowest BCUT2D eigenvalue weighted by molar-refractivity contribution is 0.0688. The molecule has 3 aromatic rings. The molecule has 0 atom stereocenters. The fourth-order valence-electron chi connectivity index (χ4n) is 2.69. The number of pyridine rings is 1. The standard InChI is InChI=1S/C20H18BClN2O3/c1-24(2)15-9-10-17(16(12-15)13-5-7-14(22)8-6-13)21-27-18-4-3-11-23-19(18)20(25)26/h3-12,21H,1-2H3,(H,25,26). The van der Waals surface area contributed by atoms with Crippen molar-refractivity contribution in [2.75, 3.05) is 19.0 Å². The minimum absolute atomic E-state index is 0.101. The van der Waals surface area contributed by atoms with Crippen LogP contribution in [0.2, 0.25) is 5.02 Å². The van der Waals surface area contributed by atoms with Gasteiger partial charge in [0.05, 0.1) is 0 Å². The summed E-state index contributed by atoms with van der Waals surface area (Å²) in [7, 11) is 4.18. The zero-order chi connectivity index (χ0) is 19.4. The first-order chi connectivity index (χ1) is 13.0. The number of rotatable bonds is 6. The van der Waals surface area contributed by atoms with Crippen molar-refractivity contribution in [1.82, 2.24) is 4.98 Å². The lowest BCUT2D eigenvalue weighted by Crippen LogP contribution is -2.24. The lowest BCUT2D eigenvalue weighted by atomic mass is 9.81. The molecule has 136 valence electrons. The zero-order valence-electron chi connectivity index (χ0n) is 15.0. The predicted molar refractivity (Wildman–Crippen MR) is 110 cm³/mol. The SMILES string of the molecule is CN(C)c1ccc(BOc2cccnc2C(=O)O)c(-c2ccc(Cl)cc2)c1. The Morgan fingerprint density at radius 3 is 2.56 bits per heavy atom. The largest absolute Gasteiger partial charge is 0.557 e. The summed E-state index contributed by atoms with van der Waals surface area (Å²) >= 11 is 6.01. The molecule has 0 saturated carbocycles. The zero-order valence-corrected chi connectivity index (χ0v) is 15.8. The molecule has 0 aliphatic heterocycles. The maximum Gasteiger partial charge on any atom is 0.374 e. The second-order valence-electron chi connectivity index (χ2n) is 6.19. The van der Waals surface area contributed by atoms with E-state index >= 15 is 0 Å². The van der Waals surface area contributed by atoms with Crippen LogP contribution in [0.15, 0.2) is 60.8 Å². The summed E-state index contributed by atoms with van der Waals surface area (Å²) in [4.78, 5) is 17.2. The van der Waals surface area contributed by atoms with E-state index in [1.807, 2.05) is 55.4 Å². The van der Waals surface area contributed by atoms with Crippen LogP contribution in [-0.4, -0.2) is 37.6 Å². The van der Waals surface area contributed by atoms with Crippen LogP contribution >= 0.6 is 11.6 Å². The summed E-state index contributed by atoms with van der Waals surface area (Å²) in [6.07, 6.45) is 1.43. The fraction of sp³-hybridized carbons (Fsp3) is 0.100. The molecule has 0 aliphatic rings. The van der Waals surface area contributed by atoms with Crippen molar-refractivity contribution in [2.45, 2.75) is 0 Å². The molecule has 0 radical (unpaired) electrons. The molecule has 27 heavy (non-hydrogen) atoms. The van der Waals surface area contributed by atoms with Gasteiger partial charge in [0.1, 0.15) is 5.75 Å². The summed E-state index contributed by atoms with van der Waals surface area (Å²) in [6.45, 7) is 0. The number of hydrogen-bond donors (Lipinski definition) is 1. The number of carboxylic acids is 1. The average molecular weight is 381 g/mol. The molecule has 1 aromatic heterocycles. The van der Waals surface area contributed by atoms with Crippen LogP contribution in [0.3, 0.4) is 0 Å². The molecule has 0 spiro atoms. The Hall–Kier alpha value is -2.99. The maximum absolute atomic E-state index is 11.3. The maximum atomic E-state index is 11.3. The Bertz CT molecular complexity index is 962. The number of anilines is 1. The third kappa shape index (κ3) is 4.41. The third-order valence-corrected chi connectivity index (χ3v) is 4.37. The van der Waals surface area contributed by atoms with E-state index in [9.17, 15) is 9.90 Å². The highest BCUT2D eigenvalue weighted by Gasteiger charge is 2.15. The van der Waals surface area contributed by atoms with Gasteiger partial charge in [-0.25, -0.2) is 9.78 Å². The van der Waals surface area contributed by atoms with Crippen LogP contribution in [0.5, 0.6) is 5.75 Å². The molecule has 0 unspecified atom stereocenters. The number of carboxylic acid groups (broad SMARTS) is 1. The van der Waals surface area contributed by atoms with Gasteiger partial charge in [-0.15, -0.1) is 0 Å². The number of halogens is 1. The van der Waals surface area contributed by atoms with Crippen LogP contribution in [0.1, 0.15) is 10.5 Å². The molecule has 0 amide bonds. The summed E-state index contributed by atoms with van der Waals surface area (Å²) in [5.41, 5.74) is 3.89. The summed E-state index contributed by atoms with van der Waals surface area (Å²) in [5.74, 6) is -0.879. The molecule has 7 heteroatoms. The highest BCUT2D eigenvalue weighted by Crippen LogP contribution is 2.24. The first kappa shape index (κ1) is 18.8. The fourth-order valence-corrected chi connectivity index (χ4v) is 2.82. The van der Waals surface area contributed by atoms with Crippen LogP contribution in [0.25, 0.3) is 11.1 Å². The molecule has 3 rings (SSSR count). The number of hydrogen-bond acceptors (Lipinski definition) is 4. The van der Waals surface area contributed by atoms with Gasteiger partial charge in [0.15, 0.2) is 5.69 Å². The van der Waals surface area contributed by atoms with Crippen molar-refractivity contribution in [3.63, 3.8) is 0 Å². The van der Waals surface area contributed by atoms with E-state index in [-0.39, 0.29) is 18.9 Å². The van der Waals surface area contributed by atoms with Crippen molar-refractivity contribution in [3.8, 4) is 16.9 Å². The van der Waals surface area contributed by atoms with Gasteiger partial charge in [-0.1, -0.05) is 29.8 Å². The summed E-state index contributed by atoms with van der Waals surface area (Å²) in [6, 6.07) is 16.9. The van der Waals surface area contributed by atoms with Crippen molar-refractivity contribution in [1.29, 1.82) is 0 Å². The molecular formula is C20H18BClN2O3. The highest BCUT2D eigenvalue weighted by atomic mass is 35.5. The molecule has 0 fully saturated rings. The number of carbonyl (C=O) groups is 1. The van der Waals surface area contributed by atoms with Gasteiger partial charge < -0.3 is 14.7 Å². The number of nitrogens with zero attached hydrogens (tertiary/aromatic N) is 2. The summed E-state index contributed by atoms with van der Waals surface area (Å²) < 4.78 is 5.79. The summed E-state index contributed by atoms with van der Waals surface area (Å²) in [5, 5.41) is 9.93. The lowest BCUT2D eigenvalue weighted by Gasteiger charge is -2.17. The van der Waals surface area contributed by atoms with Gasteiger partial charge in [-0.05, 0) is 53.0 Å². The van der Waals surface area contributed by atoms with Crippen LogP contribution in [0.4, 0.5) is 5.69 Å². The van der Waals surface area contributed by atoms with Crippen molar-refractivity contribution in [2.24, 2.45) is 0 Å². The first-order valence-corrected chi connectivity index (χ1v) is 8.71. The molecule has 1 N–H and O–H groups in total. The number of benzene rings is 2. The van der Waals surface area contributed by atoms with Crippen molar-refractivity contribution >= 4 is 36.2 Å². The minimum atomic E-state index is -1.12.